The molecule has 28 heavy (non-hydrogen) atoms. The van der Waals surface area contributed by atoms with Crippen molar-refractivity contribution in [3.8, 4) is 0 Å². The van der Waals surface area contributed by atoms with Crippen molar-refractivity contribution in [2.45, 2.75) is 12.5 Å². The summed E-state index contributed by atoms with van der Waals surface area (Å²) in [6.07, 6.45) is 2.15. The molecule has 1 heterocycles. The van der Waals surface area contributed by atoms with Gasteiger partial charge in [-0.2, -0.15) is 0 Å². The summed E-state index contributed by atoms with van der Waals surface area (Å²) in [7, 11) is 0. The van der Waals surface area contributed by atoms with Crippen LogP contribution < -0.4 is 0 Å². The van der Waals surface area contributed by atoms with Gasteiger partial charge in [0.05, 0.1) is 6.04 Å². The summed E-state index contributed by atoms with van der Waals surface area (Å²) in [5.41, 5.74) is 3.07. The van der Waals surface area contributed by atoms with Crippen molar-refractivity contribution in [1.82, 2.24) is 0 Å². The number of aliphatic imine (C=N–C) groups is 1. The summed E-state index contributed by atoms with van der Waals surface area (Å²) in [5, 5.41) is 0. The number of allylic oxidation sites excluding steroid dienone is 1. The second kappa shape index (κ2) is 7.97. The van der Waals surface area contributed by atoms with E-state index in [-0.39, 0.29) is 17.6 Å². The predicted molar refractivity (Wildman–Crippen MR) is 111 cm³/mol. The van der Waals surface area contributed by atoms with E-state index in [2.05, 4.69) is 4.99 Å². The number of benzene rings is 3. The smallest absolute Gasteiger partial charge is 0.195 e. The van der Waals surface area contributed by atoms with Gasteiger partial charge in [-0.3, -0.25) is 14.6 Å². The van der Waals surface area contributed by atoms with Gasteiger partial charge in [-0.1, -0.05) is 91.0 Å². The second-order valence-corrected chi connectivity index (χ2v) is 6.70. The first-order valence-electron chi connectivity index (χ1n) is 9.25. The zero-order valence-corrected chi connectivity index (χ0v) is 15.3. The van der Waals surface area contributed by atoms with E-state index in [1.165, 1.54) is 0 Å². The number of ketones is 2. The van der Waals surface area contributed by atoms with Crippen LogP contribution in [0.5, 0.6) is 0 Å². The molecule has 0 aromatic heterocycles. The first kappa shape index (κ1) is 17.8. The van der Waals surface area contributed by atoms with E-state index >= 15 is 0 Å². The van der Waals surface area contributed by atoms with Crippen molar-refractivity contribution in [2.75, 3.05) is 0 Å². The topological polar surface area (TPSA) is 46.5 Å². The standard InChI is InChI=1S/C25H19NO2/c27-24(19-12-6-2-7-13-19)21-17-26-22(16-18-10-4-1-5-11-18)23(21)25(28)20-14-8-3-9-15-20/h1-15,17,22H,16H2. The van der Waals surface area contributed by atoms with Crippen molar-refractivity contribution in [2.24, 2.45) is 4.99 Å². The minimum atomic E-state index is -0.363. The molecular weight excluding hydrogens is 346 g/mol. The van der Waals surface area contributed by atoms with Crippen LogP contribution in [0.3, 0.4) is 0 Å². The van der Waals surface area contributed by atoms with E-state index in [4.69, 9.17) is 0 Å². The fourth-order valence-corrected chi connectivity index (χ4v) is 3.42. The van der Waals surface area contributed by atoms with Gasteiger partial charge in [-0.25, -0.2) is 0 Å². The largest absolute Gasteiger partial charge is 0.289 e. The maximum atomic E-state index is 13.3. The van der Waals surface area contributed by atoms with Crippen molar-refractivity contribution >= 4 is 17.8 Å². The third-order valence-electron chi connectivity index (χ3n) is 4.84. The lowest BCUT2D eigenvalue weighted by molar-refractivity contribution is 0.100. The summed E-state index contributed by atoms with van der Waals surface area (Å²) < 4.78 is 0. The first-order chi connectivity index (χ1) is 13.7. The Morgan fingerprint density at radius 3 is 1.75 bits per heavy atom. The van der Waals surface area contributed by atoms with Gasteiger partial charge in [0.1, 0.15) is 0 Å². The van der Waals surface area contributed by atoms with Gasteiger partial charge < -0.3 is 0 Å². The molecule has 3 nitrogen and oxygen atoms in total. The number of rotatable bonds is 6. The van der Waals surface area contributed by atoms with Gasteiger partial charge in [-0.05, 0) is 12.0 Å². The third-order valence-corrected chi connectivity index (χ3v) is 4.84. The molecule has 0 saturated carbocycles. The number of hydrogen-bond acceptors (Lipinski definition) is 3. The molecule has 136 valence electrons. The van der Waals surface area contributed by atoms with Crippen molar-refractivity contribution in [1.29, 1.82) is 0 Å². The zero-order chi connectivity index (χ0) is 19.3. The molecule has 3 aromatic rings. The van der Waals surface area contributed by atoms with Crippen LogP contribution in [-0.4, -0.2) is 23.8 Å². The quantitative estimate of drug-likeness (QED) is 0.592. The maximum absolute atomic E-state index is 13.3. The molecule has 3 heteroatoms. The highest BCUT2D eigenvalue weighted by Crippen LogP contribution is 2.27. The molecule has 0 bridgehead atoms. The van der Waals surface area contributed by atoms with Gasteiger partial charge in [0.25, 0.3) is 0 Å². The lowest BCUT2D eigenvalue weighted by Crippen LogP contribution is -2.20. The molecule has 4 rings (SSSR count). The summed E-state index contributed by atoms with van der Waals surface area (Å²) >= 11 is 0. The Morgan fingerprint density at radius 1 is 0.679 bits per heavy atom. The number of nitrogens with zero attached hydrogens (tertiary/aromatic N) is 1. The fraction of sp³-hybridized carbons (Fsp3) is 0.0800. The Kier molecular flexibility index (Phi) is 5.07. The lowest BCUT2D eigenvalue weighted by Gasteiger charge is -2.14. The van der Waals surface area contributed by atoms with Crippen LogP contribution in [0.1, 0.15) is 26.3 Å². The van der Waals surface area contributed by atoms with E-state index in [1.807, 2.05) is 66.7 Å². The van der Waals surface area contributed by atoms with E-state index in [1.54, 1.807) is 30.5 Å². The van der Waals surface area contributed by atoms with Crippen LogP contribution in [0.4, 0.5) is 0 Å². The number of hydrogen-bond donors (Lipinski definition) is 0. The van der Waals surface area contributed by atoms with Gasteiger partial charge in [0, 0.05) is 28.5 Å². The summed E-state index contributed by atoms with van der Waals surface area (Å²) in [4.78, 5) is 30.9. The highest BCUT2D eigenvalue weighted by Gasteiger charge is 2.32. The normalized spacial score (nSPS) is 15.6. The van der Waals surface area contributed by atoms with Gasteiger partial charge in [0.15, 0.2) is 11.6 Å². The molecule has 0 spiro atoms. The second-order valence-electron chi connectivity index (χ2n) is 6.70. The van der Waals surface area contributed by atoms with E-state index in [0.717, 1.165) is 5.56 Å². The minimum absolute atomic E-state index is 0.140. The molecular formula is C25H19NO2. The molecule has 0 fully saturated rings. The molecule has 1 aliphatic rings. The Labute approximate surface area is 164 Å². The Balaban J connectivity index is 1.76. The van der Waals surface area contributed by atoms with Crippen LogP contribution in [0.25, 0.3) is 0 Å². The van der Waals surface area contributed by atoms with Crippen molar-refractivity contribution < 1.29 is 9.59 Å². The molecule has 1 atom stereocenters. The van der Waals surface area contributed by atoms with Crippen LogP contribution in [-0.2, 0) is 6.42 Å². The molecule has 0 N–H and O–H groups in total. The SMILES string of the molecule is O=C(C1=C(C(=O)c2ccccc2)C(Cc2ccccc2)N=C1)c1ccccc1. The highest BCUT2D eigenvalue weighted by molar-refractivity contribution is 6.28. The third kappa shape index (κ3) is 3.60. The van der Waals surface area contributed by atoms with Crippen LogP contribution in [0.15, 0.2) is 107 Å². The van der Waals surface area contributed by atoms with Crippen molar-refractivity contribution in [3.63, 3.8) is 0 Å². The average molecular weight is 365 g/mol. The van der Waals surface area contributed by atoms with E-state index < -0.39 is 0 Å². The number of carbonyl (C=O) groups is 2. The zero-order valence-electron chi connectivity index (χ0n) is 15.3. The monoisotopic (exact) mass is 365 g/mol. The predicted octanol–water partition coefficient (Wildman–Crippen LogP) is 4.74. The highest BCUT2D eigenvalue weighted by atomic mass is 16.1. The molecule has 0 amide bonds. The molecule has 0 aliphatic carbocycles. The summed E-state index contributed by atoms with van der Waals surface area (Å²) in [6.45, 7) is 0. The Hall–Kier alpha value is -3.59. The molecule has 1 aliphatic heterocycles. The molecule has 0 saturated heterocycles. The lowest BCUT2D eigenvalue weighted by atomic mass is 9.89. The Bertz CT molecular complexity index is 1050. The van der Waals surface area contributed by atoms with Crippen LogP contribution in [0.2, 0.25) is 0 Å². The average Bonchev–Trinajstić information content (AvgIpc) is 3.18. The number of carbonyl (C=O) groups excluding carboxylic acids is 2. The van der Waals surface area contributed by atoms with Crippen molar-refractivity contribution in [3.05, 3.63) is 119 Å². The molecule has 3 aromatic carbocycles. The maximum Gasteiger partial charge on any atom is 0.195 e. The minimum Gasteiger partial charge on any atom is -0.289 e. The molecule has 0 radical (unpaired) electrons. The van der Waals surface area contributed by atoms with Crippen LogP contribution >= 0.6 is 0 Å². The van der Waals surface area contributed by atoms with E-state index in [0.29, 0.717) is 28.7 Å². The Morgan fingerprint density at radius 2 is 1.18 bits per heavy atom. The van der Waals surface area contributed by atoms with E-state index in [9.17, 15) is 9.59 Å². The molecule has 1 unspecified atom stereocenters. The summed E-state index contributed by atoms with van der Waals surface area (Å²) in [5.74, 6) is -0.308. The van der Waals surface area contributed by atoms with Crippen LogP contribution in [0, 0.1) is 0 Å². The van der Waals surface area contributed by atoms with Gasteiger partial charge in [0.2, 0.25) is 0 Å². The number of Topliss-reactive ketones (excluding diaryl/α,β-unsaturated/α-hetero) is 2. The summed E-state index contributed by atoms with van der Waals surface area (Å²) in [6, 6.07) is 27.6. The van der Waals surface area contributed by atoms with Gasteiger partial charge >= 0.3 is 0 Å². The fourth-order valence-electron chi connectivity index (χ4n) is 3.42. The first-order valence-corrected chi connectivity index (χ1v) is 9.25. The van der Waals surface area contributed by atoms with Gasteiger partial charge in [-0.15, -0.1) is 0 Å².